The number of rotatable bonds is 9. The van der Waals surface area contributed by atoms with E-state index in [2.05, 4.69) is 10.0 Å². The summed E-state index contributed by atoms with van der Waals surface area (Å²) in [4.78, 5) is 12.1. The van der Waals surface area contributed by atoms with E-state index >= 15 is 0 Å². The van der Waals surface area contributed by atoms with Crippen LogP contribution in [0.4, 0.5) is 11.4 Å². The Morgan fingerprint density at radius 1 is 1.04 bits per heavy atom. The zero-order valence-corrected chi connectivity index (χ0v) is 16.9. The summed E-state index contributed by atoms with van der Waals surface area (Å²) in [5.41, 5.74) is 8.01. The van der Waals surface area contributed by atoms with Crippen LogP contribution in [-0.4, -0.2) is 20.1 Å². The van der Waals surface area contributed by atoms with Gasteiger partial charge >= 0.3 is 0 Å². The Morgan fingerprint density at radius 2 is 1.63 bits per heavy atom. The van der Waals surface area contributed by atoms with Gasteiger partial charge in [-0.15, -0.1) is 12.4 Å². The smallest absolute Gasteiger partial charge is 0.232 e. The summed E-state index contributed by atoms with van der Waals surface area (Å²) in [6, 6.07) is 15.6. The first-order valence-corrected chi connectivity index (χ1v) is 10.3. The van der Waals surface area contributed by atoms with E-state index in [-0.39, 0.29) is 36.5 Å². The molecule has 0 aliphatic rings. The molecule has 148 valence electrons. The lowest BCUT2D eigenvalue weighted by molar-refractivity contribution is -0.116. The number of nitrogens with one attached hydrogen (secondary N) is 2. The molecule has 2 aromatic rings. The molecule has 0 aromatic heterocycles. The molecule has 0 saturated heterocycles. The first kappa shape index (κ1) is 23.0. The molecule has 0 saturated carbocycles. The van der Waals surface area contributed by atoms with Gasteiger partial charge in [-0.3, -0.25) is 9.52 Å². The van der Waals surface area contributed by atoms with Gasteiger partial charge in [0.1, 0.15) is 0 Å². The number of benzene rings is 2. The van der Waals surface area contributed by atoms with E-state index in [0.717, 1.165) is 12.0 Å². The van der Waals surface area contributed by atoms with Crippen LogP contribution in [0, 0.1) is 0 Å². The number of sulfonamides is 1. The largest absolute Gasteiger partial charge is 0.326 e. The highest BCUT2D eigenvalue weighted by Gasteiger charge is 2.12. The molecule has 8 heteroatoms. The fraction of sp³-hybridized carbons (Fsp3) is 0.316. The van der Waals surface area contributed by atoms with Crippen molar-refractivity contribution in [3.8, 4) is 0 Å². The van der Waals surface area contributed by atoms with E-state index in [4.69, 9.17) is 5.73 Å². The minimum Gasteiger partial charge on any atom is -0.326 e. The topological polar surface area (TPSA) is 101 Å². The Kier molecular flexibility index (Phi) is 9.28. The van der Waals surface area contributed by atoms with E-state index in [1.165, 1.54) is 0 Å². The quantitative estimate of drug-likeness (QED) is 0.585. The second-order valence-electron chi connectivity index (χ2n) is 6.12. The minimum atomic E-state index is -3.33. The molecule has 0 aliphatic heterocycles. The first-order valence-electron chi connectivity index (χ1n) is 8.60. The van der Waals surface area contributed by atoms with Gasteiger partial charge in [0.25, 0.3) is 0 Å². The fourth-order valence-electron chi connectivity index (χ4n) is 2.42. The average molecular weight is 412 g/mol. The third-order valence-electron chi connectivity index (χ3n) is 3.84. The summed E-state index contributed by atoms with van der Waals surface area (Å²) in [7, 11) is -3.33. The van der Waals surface area contributed by atoms with Gasteiger partial charge in [0.15, 0.2) is 0 Å². The molecule has 2 rings (SSSR count). The molecule has 1 atom stereocenters. The van der Waals surface area contributed by atoms with Gasteiger partial charge in [-0.2, -0.15) is 0 Å². The van der Waals surface area contributed by atoms with Gasteiger partial charge in [-0.05, 0) is 36.2 Å². The second-order valence-corrected chi connectivity index (χ2v) is 7.96. The molecule has 0 fully saturated rings. The predicted octanol–water partition coefficient (Wildman–Crippen LogP) is 3.68. The Morgan fingerprint density at radius 3 is 2.22 bits per heavy atom. The first-order chi connectivity index (χ1) is 12.4. The van der Waals surface area contributed by atoms with Crippen LogP contribution >= 0.6 is 12.4 Å². The molecular weight excluding hydrogens is 386 g/mol. The van der Waals surface area contributed by atoms with E-state index < -0.39 is 10.0 Å². The van der Waals surface area contributed by atoms with Crippen molar-refractivity contribution in [2.75, 3.05) is 15.8 Å². The van der Waals surface area contributed by atoms with Crippen LogP contribution in [-0.2, 0) is 14.8 Å². The van der Waals surface area contributed by atoms with Gasteiger partial charge in [0.2, 0.25) is 15.9 Å². The second kappa shape index (κ2) is 10.9. The van der Waals surface area contributed by atoms with Crippen LogP contribution in [0.5, 0.6) is 0 Å². The van der Waals surface area contributed by atoms with Crippen LogP contribution in [0.2, 0.25) is 0 Å². The molecular formula is C19H26ClN3O3S. The number of hydrogen-bond donors (Lipinski definition) is 3. The van der Waals surface area contributed by atoms with Crippen molar-refractivity contribution in [3.05, 3.63) is 60.2 Å². The lowest BCUT2D eigenvalue weighted by atomic mass is 10.0. The molecule has 1 unspecified atom stereocenters. The molecule has 0 aliphatic carbocycles. The summed E-state index contributed by atoms with van der Waals surface area (Å²) in [5.74, 6) is -0.100. The number of nitrogens with two attached hydrogens (primary N) is 1. The molecule has 4 N–H and O–H groups in total. The SMILES string of the molecule is CCCCS(=O)(=O)Nc1ccc(NC(=O)CC(N)c2ccccc2)cc1.Cl. The molecule has 27 heavy (non-hydrogen) atoms. The monoisotopic (exact) mass is 411 g/mol. The van der Waals surface area contributed by atoms with E-state index in [9.17, 15) is 13.2 Å². The van der Waals surface area contributed by atoms with Crippen molar-refractivity contribution in [2.24, 2.45) is 5.73 Å². The van der Waals surface area contributed by atoms with Crippen LogP contribution in [0.25, 0.3) is 0 Å². The molecule has 0 radical (unpaired) electrons. The predicted molar refractivity (Wildman–Crippen MR) is 113 cm³/mol. The lowest BCUT2D eigenvalue weighted by Crippen LogP contribution is -2.20. The zero-order chi connectivity index (χ0) is 19.0. The van der Waals surface area contributed by atoms with Crippen molar-refractivity contribution in [1.29, 1.82) is 0 Å². The van der Waals surface area contributed by atoms with E-state index in [1.807, 2.05) is 37.3 Å². The average Bonchev–Trinajstić information content (AvgIpc) is 2.62. The summed E-state index contributed by atoms with van der Waals surface area (Å²) in [6.45, 7) is 1.94. The maximum absolute atomic E-state index is 12.1. The molecule has 2 aromatic carbocycles. The third-order valence-corrected chi connectivity index (χ3v) is 5.21. The Balaban J connectivity index is 0.00000364. The van der Waals surface area contributed by atoms with Gasteiger partial charge in [0.05, 0.1) is 5.75 Å². The number of carbonyl (C=O) groups excluding carboxylic acids is 1. The number of anilines is 2. The van der Waals surface area contributed by atoms with E-state index in [0.29, 0.717) is 17.8 Å². The molecule has 1 amide bonds. The standard InChI is InChI=1S/C19H25N3O3S.ClH/c1-2-3-13-26(24,25)22-17-11-9-16(10-12-17)21-19(23)14-18(20)15-7-5-4-6-8-15;/h4-12,18,22H,2-3,13-14,20H2,1H3,(H,21,23);1H. The zero-order valence-electron chi connectivity index (χ0n) is 15.2. The minimum absolute atomic E-state index is 0. The van der Waals surface area contributed by atoms with Crippen LogP contribution in [0.1, 0.15) is 37.8 Å². The Labute approximate surface area is 167 Å². The van der Waals surface area contributed by atoms with Gasteiger partial charge in [-0.1, -0.05) is 43.7 Å². The molecule has 0 heterocycles. The van der Waals surface area contributed by atoms with Crippen LogP contribution < -0.4 is 15.8 Å². The summed E-state index contributed by atoms with van der Waals surface area (Å²) < 4.78 is 26.3. The lowest BCUT2D eigenvalue weighted by Gasteiger charge is -2.13. The third kappa shape index (κ3) is 7.99. The summed E-state index contributed by atoms with van der Waals surface area (Å²) in [6.07, 6.45) is 1.59. The number of carbonyl (C=O) groups is 1. The number of hydrogen-bond acceptors (Lipinski definition) is 4. The van der Waals surface area contributed by atoms with E-state index in [1.54, 1.807) is 24.3 Å². The Hall–Kier alpha value is -2.09. The van der Waals surface area contributed by atoms with Crippen LogP contribution in [0.15, 0.2) is 54.6 Å². The van der Waals surface area contributed by atoms with Gasteiger partial charge < -0.3 is 11.1 Å². The number of halogens is 1. The van der Waals surface area contributed by atoms with Crippen LogP contribution in [0.3, 0.4) is 0 Å². The molecule has 0 bridgehead atoms. The molecule has 6 nitrogen and oxygen atoms in total. The van der Waals surface area contributed by atoms with Crippen molar-refractivity contribution in [1.82, 2.24) is 0 Å². The van der Waals surface area contributed by atoms with Crippen molar-refractivity contribution >= 4 is 39.7 Å². The van der Waals surface area contributed by atoms with Gasteiger partial charge in [-0.25, -0.2) is 8.42 Å². The van der Waals surface area contributed by atoms with Crippen molar-refractivity contribution in [2.45, 2.75) is 32.2 Å². The maximum Gasteiger partial charge on any atom is 0.232 e. The maximum atomic E-state index is 12.1. The highest BCUT2D eigenvalue weighted by Crippen LogP contribution is 2.18. The highest BCUT2D eigenvalue weighted by molar-refractivity contribution is 7.92. The summed E-state index contributed by atoms with van der Waals surface area (Å²) in [5, 5.41) is 2.77. The highest BCUT2D eigenvalue weighted by atomic mass is 35.5. The number of unbranched alkanes of at least 4 members (excludes halogenated alkanes) is 1. The van der Waals surface area contributed by atoms with Gasteiger partial charge in [0, 0.05) is 23.8 Å². The normalized spacial score (nSPS) is 11.9. The Bertz CT molecular complexity index is 812. The molecule has 0 spiro atoms. The van der Waals surface area contributed by atoms with Crippen molar-refractivity contribution < 1.29 is 13.2 Å². The summed E-state index contributed by atoms with van der Waals surface area (Å²) >= 11 is 0. The van der Waals surface area contributed by atoms with Crippen molar-refractivity contribution in [3.63, 3.8) is 0 Å². The fourth-order valence-corrected chi connectivity index (χ4v) is 3.68. The number of amides is 1.